The number of fused-ring (bicyclic) bond motifs is 2. The molecule has 4 N–H and O–H groups in total. The van der Waals surface area contributed by atoms with Crippen molar-refractivity contribution in [2.24, 2.45) is 0 Å². The van der Waals surface area contributed by atoms with Gasteiger partial charge in [0.15, 0.2) is 12.4 Å². The molecule has 0 spiro atoms. The van der Waals surface area contributed by atoms with E-state index in [4.69, 9.17) is 14.5 Å². The fraction of sp³-hybridized carbons (Fsp3) is 0.415. The van der Waals surface area contributed by atoms with Gasteiger partial charge in [0.05, 0.1) is 29.6 Å². The summed E-state index contributed by atoms with van der Waals surface area (Å²) in [5.41, 5.74) is 1.81. The summed E-state index contributed by atoms with van der Waals surface area (Å²) >= 11 is 0. The highest BCUT2D eigenvalue weighted by Gasteiger charge is 2.46. The zero-order valence-corrected chi connectivity index (χ0v) is 32.6. The quantitative estimate of drug-likeness (QED) is 0.137. The number of unbranched alkanes of at least 4 members (excludes halogenated alkanes) is 1. The van der Waals surface area contributed by atoms with Crippen LogP contribution in [0, 0.1) is 0 Å². The lowest BCUT2D eigenvalue weighted by atomic mass is 10.0. The van der Waals surface area contributed by atoms with Gasteiger partial charge in [-0.3, -0.25) is 43.8 Å². The maximum absolute atomic E-state index is 13.2. The Balaban J connectivity index is 0.865. The number of piperidine rings is 1. The third-order valence-corrected chi connectivity index (χ3v) is 11.0. The molecule has 304 valence electrons. The highest BCUT2D eigenvalue weighted by molar-refractivity contribution is 6.24. The van der Waals surface area contributed by atoms with Crippen LogP contribution < -0.4 is 40.5 Å². The van der Waals surface area contributed by atoms with E-state index in [1.807, 2.05) is 19.1 Å². The van der Waals surface area contributed by atoms with Crippen molar-refractivity contribution in [1.82, 2.24) is 25.8 Å². The minimum absolute atomic E-state index is 0.000430. The second kappa shape index (κ2) is 16.9. The molecule has 3 aliphatic heterocycles. The highest BCUT2D eigenvalue weighted by Crippen LogP contribution is 2.40. The molecule has 7 amide bonds. The van der Waals surface area contributed by atoms with Gasteiger partial charge in [-0.15, -0.1) is 0 Å². The van der Waals surface area contributed by atoms with Crippen LogP contribution in [0.5, 0.6) is 11.5 Å². The number of likely N-dealkylation sites (N-methyl/N-ethyl adjacent to an activating group) is 1. The molecule has 58 heavy (non-hydrogen) atoms. The molecule has 2 aromatic carbocycles. The Bertz CT molecular complexity index is 2170. The zero-order chi connectivity index (χ0) is 41.1. The molecule has 7 rings (SSSR count). The van der Waals surface area contributed by atoms with Gasteiger partial charge in [0, 0.05) is 38.2 Å². The number of carbonyl (C=O) groups is 7. The number of nitrogens with zero attached hydrogens (tertiary/aromatic N) is 4. The van der Waals surface area contributed by atoms with E-state index in [0.717, 1.165) is 42.1 Å². The first-order chi connectivity index (χ1) is 28.0. The number of hydrogen-bond acceptors (Lipinski definition) is 12. The van der Waals surface area contributed by atoms with E-state index in [1.165, 1.54) is 25.3 Å². The molecule has 1 aliphatic carbocycles. The maximum atomic E-state index is 13.2. The van der Waals surface area contributed by atoms with E-state index in [1.54, 1.807) is 30.1 Å². The number of rotatable bonds is 14. The molecule has 4 heterocycles. The van der Waals surface area contributed by atoms with E-state index >= 15 is 0 Å². The van der Waals surface area contributed by atoms with E-state index in [2.05, 4.69) is 26.2 Å². The van der Waals surface area contributed by atoms with Gasteiger partial charge in [0.2, 0.25) is 17.7 Å². The summed E-state index contributed by atoms with van der Waals surface area (Å²) in [5, 5.41) is 11.1. The van der Waals surface area contributed by atoms with Gasteiger partial charge in [0.25, 0.3) is 23.6 Å². The standard InChI is InChI=1S/C41H46N8O9/c1-23-39(54)47(2)28-15-17-32(45-36(28)48(23)25-9-4-5-10-25)44-27-14-13-24(21-31(27)57-3)37(52)43-20-7-6-19-42-34(51)22-58-30-12-8-11-26-35(30)41(56)49(40(26)55)29-16-18-33(50)46-38(29)53/h8,11-15,17,21,23,25,29H,4-7,9-10,16,18-20,22H2,1-3H3,(H,42,51)(H,43,52)(H,44,45)(H,46,50,53). The Labute approximate surface area is 334 Å². The van der Waals surface area contributed by atoms with Crippen LogP contribution >= 0.6 is 0 Å². The first kappa shape index (κ1) is 39.7. The number of pyridine rings is 1. The van der Waals surface area contributed by atoms with Crippen LogP contribution in [0.3, 0.4) is 0 Å². The number of carbonyl (C=O) groups excluding carboxylic acids is 7. The topological polar surface area (TPSA) is 209 Å². The Hall–Kier alpha value is -6.52. The second-order valence-electron chi connectivity index (χ2n) is 14.7. The highest BCUT2D eigenvalue weighted by atomic mass is 16.5. The Kier molecular flexibility index (Phi) is 11.6. The number of imide groups is 2. The first-order valence-electron chi connectivity index (χ1n) is 19.5. The molecular weight excluding hydrogens is 748 g/mol. The molecule has 3 aromatic rings. The summed E-state index contributed by atoms with van der Waals surface area (Å²) in [6, 6.07) is 12.1. The number of nitrogens with one attached hydrogen (secondary N) is 4. The van der Waals surface area contributed by atoms with Gasteiger partial charge in [-0.05, 0) is 81.5 Å². The van der Waals surface area contributed by atoms with Crippen LogP contribution in [-0.2, 0) is 19.2 Å². The molecule has 0 radical (unpaired) electrons. The van der Waals surface area contributed by atoms with Crippen LogP contribution in [0.4, 0.5) is 23.0 Å². The molecule has 17 heteroatoms. The second-order valence-corrected chi connectivity index (χ2v) is 14.7. The fourth-order valence-corrected chi connectivity index (χ4v) is 7.99. The van der Waals surface area contributed by atoms with E-state index in [0.29, 0.717) is 48.7 Å². The lowest BCUT2D eigenvalue weighted by Crippen LogP contribution is -2.54. The summed E-state index contributed by atoms with van der Waals surface area (Å²) in [6.45, 7) is 2.18. The predicted molar refractivity (Wildman–Crippen MR) is 211 cm³/mol. The molecule has 1 saturated heterocycles. The summed E-state index contributed by atoms with van der Waals surface area (Å²) in [5.74, 6) is -1.44. The van der Waals surface area contributed by atoms with Gasteiger partial charge in [-0.1, -0.05) is 18.9 Å². The predicted octanol–water partition coefficient (Wildman–Crippen LogP) is 3.05. The number of aromatic nitrogens is 1. The lowest BCUT2D eigenvalue weighted by molar-refractivity contribution is -0.136. The maximum Gasteiger partial charge on any atom is 0.266 e. The minimum Gasteiger partial charge on any atom is -0.495 e. The third-order valence-electron chi connectivity index (χ3n) is 11.0. The van der Waals surface area contributed by atoms with Crippen LogP contribution in [0.2, 0.25) is 0 Å². The Morgan fingerprint density at radius 1 is 0.914 bits per heavy atom. The van der Waals surface area contributed by atoms with Crippen molar-refractivity contribution in [2.75, 3.05) is 49.0 Å². The average Bonchev–Trinajstić information content (AvgIpc) is 3.84. The molecule has 17 nitrogen and oxygen atoms in total. The number of methoxy groups -OCH3 is 1. The molecule has 2 atom stereocenters. The molecular formula is C41H46N8O9. The number of ether oxygens (including phenoxy) is 2. The van der Waals surface area contributed by atoms with Gasteiger partial charge in [-0.2, -0.15) is 0 Å². The monoisotopic (exact) mass is 794 g/mol. The zero-order valence-electron chi connectivity index (χ0n) is 32.6. The fourth-order valence-electron chi connectivity index (χ4n) is 7.99. The van der Waals surface area contributed by atoms with Crippen molar-refractivity contribution in [3.05, 3.63) is 65.2 Å². The number of anilines is 4. The summed E-state index contributed by atoms with van der Waals surface area (Å²) in [6.07, 6.45) is 5.46. The average molecular weight is 795 g/mol. The van der Waals surface area contributed by atoms with Crippen molar-refractivity contribution >= 4 is 64.4 Å². The number of benzene rings is 2. The van der Waals surface area contributed by atoms with Crippen LogP contribution in [0.1, 0.15) is 89.4 Å². The number of amides is 7. The van der Waals surface area contributed by atoms with Gasteiger partial charge < -0.3 is 35.2 Å². The SMILES string of the molecule is COc1cc(C(=O)NCCCCNC(=O)COc2cccc3c2C(=O)N(C2CCC(=O)NC2=O)C3=O)ccc1Nc1ccc2c(n1)N(C1CCCC1)C(C)C(=O)N2C. The van der Waals surface area contributed by atoms with Crippen molar-refractivity contribution in [3.63, 3.8) is 0 Å². The lowest BCUT2D eigenvalue weighted by Gasteiger charge is -2.42. The summed E-state index contributed by atoms with van der Waals surface area (Å²) < 4.78 is 11.3. The third kappa shape index (κ3) is 7.88. The molecule has 2 fully saturated rings. The van der Waals surface area contributed by atoms with E-state index in [-0.39, 0.29) is 53.6 Å². The Morgan fingerprint density at radius 3 is 2.41 bits per heavy atom. The van der Waals surface area contributed by atoms with Gasteiger partial charge in [-0.25, -0.2) is 4.98 Å². The molecule has 4 aliphatic rings. The van der Waals surface area contributed by atoms with Crippen molar-refractivity contribution < 1.29 is 43.0 Å². The van der Waals surface area contributed by atoms with Gasteiger partial charge >= 0.3 is 0 Å². The van der Waals surface area contributed by atoms with E-state index < -0.39 is 42.2 Å². The first-order valence-corrected chi connectivity index (χ1v) is 19.5. The molecule has 2 unspecified atom stereocenters. The number of hydrogen-bond donors (Lipinski definition) is 4. The van der Waals surface area contributed by atoms with Crippen LogP contribution in [0.15, 0.2) is 48.5 Å². The Morgan fingerprint density at radius 2 is 1.67 bits per heavy atom. The smallest absolute Gasteiger partial charge is 0.266 e. The van der Waals surface area contributed by atoms with Crippen LogP contribution in [0.25, 0.3) is 0 Å². The van der Waals surface area contributed by atoms with E-state index in [9.17, 15) is 33.6 Å². The van der Waals surface area contributed by atoms with Gasteiger partial charge in [0.1, 0.15) is 29.4 Å². The summed E-state index contributed by atoms with van der Waals surface area (Å²) in [7, 11) is 3.30. The molecule has 1 saturated carbocycles. The van der Waals surface area contributed by atoms with Crippen LogP contribution in [-0.4, -0.2) is 103 Å². The molecule has 0 bridgehead atoms. The summed E-state index contributed by atoms with van der Waals surface area (Å²) in [4.78, 5) is 98.4. The van der Waals surface area contributed by atoms with Crippen molar-refractivity contribution in [1.29, 1.82) is 0 Å². The minimum atomic E-state index is -1.11. The van der Waals surface area contributed by atoms with Crippen molar-refractivity contribution in [2.45, 2.75) is 76.4 Å². The normalized spacial score (nSPS) is 19.2. The van der Waals surface area contributed by atoms with Crippen molar-refractivity contribution in [3.8, 4) is 11.5 Å². The largest absolute Gasteiger partial charge is 0.495 e. The molecule has 1 aromatic heterocycles.